The van der Waals surface area contributed by atoms with Crippen LogP contribution in [-0.4, -0.2) is 31.1 Å². The molecule has 0 radical (unpaired) electrons. The molecule has 3 rings (SSSR count). The molecule has 2 aliphatic carbocycles. The lowest BCUT2D eigenvalue weighted by molar-refractivity contribution is 0.277. The first-order valence-electron chi connectivity index (χ1n) is 7.35. The van der Waals surface area contributed by atoms with E-state index in [-0.39, 0.29) is 0 Å². The Kier molecular flexibility index (Phi) is 3.40. The molecule has 18 heavy (non-hydrogen) atoms. The number of benzene rings is 1. The fourth-order valence-corrected chi connectivity index (χ4v) is 3.82. The summed E-state index contributed by atoms with van der Waals surface area (Å²) in [5, 5.41) is 0. The van der Waals surface area contributed by atoms with Gasteiger partial charge in [0.2, 0.25) is 0 Å². The summed E-state index contributed by atoms with van der Waals surface area (Å²) in [6.07, 6.45) is 2.68. The van der Waals surface area contributed by atoms with Crippen LogP contribution in [0.1, 0.15) is 30.4 Å². The van der Waals surface area contributed by atoms with Gasteiger partial charge in [0, 0.05) is 19.6 Å². The molecule has 3 unspecified atom stereocenters. The van der Waals surface area contributed by atoms with Crippen LogP contribution in [0, 0.1) is 11.8 Å². The van der Waals surface area contributed by atoms with Gasteiger partial charge >= 0.3 is 0 Å². The molecular weight excluding hydrogens is 220 g/mol. The van der Waals surface area contributed by atoms with Gasteiger partial charge in [0.15, 0.2) is 0 Å². The van der Waals surface area contributed by atoms with Crippen LogP contribution in [0.5, 0.6) is 0 Å². The minimum absolute atomic E-state index is 0.784. The molecule has 1 fully saturated rings. The van der Waals surface area contributed by atoms with Gasteiger partial charge in [-0.2, -0.15) is 0 Å². The summed E-state index contributed by atoms with van der Waals surface area (Å²) in [4.78, 5) is 2.52. The predicted molar refractivity (Wildman–Crippen MR) is 75.7 cm³/mol. The first kappa shape index (κ1) is 12.2. The van der Waals surface area contributed by atoms with Crippen molar-refractivity contribution in [1.29, 1.82) is 0 Å². The van der Waals surface area contributed by atoms with E-state index in [4.69, 9.17) is 5.73 Å². The molecule has 1 saturated carbocycles. The molecule has 2 aliphatic rings. The van der Waals surface area contributed by atoms with Crippen LogP contribution < -0.4 is 5.73 Å². The van der Waals surface area contributed by atoms with Crippen molar-refractivity contribution in [3.05, 3.63) is 35.4 Å². The molecule has 2 N–H and O–H groups in total. The Morgan fingerprint density at radius 2 is 2.17 bits per heavy atom. The highest BCUT2D eigenvalue weighted by Gasteiger charge is 2.52. The minimum atomic E-state index is 0.784. The topological polar surface area (TPSA) is 29.3 Å². The molecule has 3 atom stereocenters. The number of aryl methyl sites for hydroxylation is 1. The third-order valence-electron chi connectivity index (χ3n) is 4.85. The van der Waals surface area contributed by atoms with Crippen molar-refractivity contribution in [1.82, 2.24) is 4.90 Å². The molecule has 0 spiro atoms. The molecule has 0 aliphatic heterocycles. The number of nitrogens with two attached hydrogens (primary N) is 1. The average Bonchev–Trinajstić information content (AvgIpc) is 3.12. The van der Waals surface area contributed by atoms with Gasteiger partial charge in [-0.3, -0.25) is 0 Å². The second-order valence-corrected chi connectivity index (χ2v) is 5.77. The quantitative estimate of drug-likeness (QED) is 0.860. The van der Waals surface area contributed by atoms with E-state index < -0.39 is 0 Å². The zero-order valence-electron chi connectivity index (χ0n) is 11.3. The number of likely N-dealkylation sites (N-methyl/N-ethyl adjacent to an activating group) is 1. The lowest BCUT2D eigenvalue weighted by Gasteiger charge is -2.19. The van der Waals surface area contributed by atoms with Gasteiger partial charge in [0.05, 0.1) is 0 Å². The molecular formula is C16H24N2. The second kappa shape index (κ2) is 5.02. The normalized spacial score (nSPS) is 28.9. The van der Waals surface area contributed by atoms with E-state index >= 15 is 0 Å². The molecule has 2 nitrogen and oxygen atoms in total. The van der Waals surface area contributed by atoms with Crippen LogP contribution in [0.2, 0.25) is 0 Å². The van der Waals surface area contributed by atoms with E-state index in [1.807, 2.05) is 0 Å². The fraction of sp³-hybridized carbons (Fsp3) is 0.625. The van der Waals surface area contributed by atoms with Gasteiger partial charge in [-0.1, -0.05) is 31.2 Å². The molecule has 0 aromatic heterocycles. The summed E-state index contributed by atoms with van der Waals surface area (Å²) in [5.74, 6) is 2.69. The number of hydrogen-bond donors (Lipinski definition) is 1. The molecule has 0 amide bonds. The molecule has 0 saturated heterocycles. The third-order valence-corrected chi connectivity index (χ3v) is 4.85. The van der Waals surface area contributed by atoms with Crippen LogP contribution in [0.25, 0.3) is 0 Å². The lowest BCUT2D eigenvalue weighted by Crippen LogP contribution is -2.31. The lowest BCUT2D eigenvalue weighted by atomic mass is 9.92. The zero-order valence-corrected chi connectivity index (χ0v) is 11.3. The molecule has 0 heterocycles. The Hall–Kier alpha value is -0.860. The van der Waals surface area contributed by atoms with E-state index in [9.17, 15) is 0 Å². The van der Waals surface area contributed by atoms with Gasteiger partial charge < -0.3 is 10.6 Å². The number of nitrogens with zero attached hydrogens (tertiary/aromatic N) is 1. The Labute approximate surface area is 110 Å². The maximum atomic E-state index is 5.68. The summed E-state index contributed by atoms with van der Waals surface area (Å²) >= 11 is 0. The zero-order chi connectivity index (χ0) is 12.5. The molecule has 2 heteroatoms. The highest BCUT2D eigenvalue weighted by Crippen LogP contribution is 2.59. The molecule has 1 aromatic carbocycles. The molecule has 98 valence electrons. The third kappa shape index (κ3) is 2.08. The van der Waals surface area contributed by atoms with Gasteiger partial charge in [0.25, 0.3) is 0 Å². The average molecular weight is 244 g/mol. The van der Waals surface area contributed by atoms with Crippen molar-refractivity contribution < 1.29 is 0 Å². The van der Waals surface area contributed by atoms with Crippen molar-refractivity contribution in [2.45, 2.75) is 25.7 Å². The Morgan fingerprint density at radius 1 is 1.33 bits per heavy atom. The number of rotatable bonds is 5. The van der Waals surface area contributed by atoms with Crippen molar-refractivity contribution in [2.75, 3.05) is 26.2 Å². The second-order valence-electron chi connectivity index (χ2n) is 5.77. The van der Waals surface area contributed by atoms with Crippen LogP contribution in [-0.2, 0) is 6.42 Å². The van der Waals surface area contributed by atoms with E-state index in [0.717, 1.165) is 37.4 Å². The van der Waals surface area contributed by atoms with Crippen LogP contribution in [0.15, 0.2) is 24.3 Å². The van der Waals surface area contributed by atoms with Crippen molar-refractivity contribution in [3.63, 3.8) is 0 Å². The summed E-state index contributed by atoms with van der Waals surface area (Å²) in [6.45, 7) is 6.46. The van der Waals surface area contributed by atoms with Gasteiger partial charge in [0.1, 0.15) is 0 Å². The summed E-state index contributed by atoms with van der Waals surface area (Å²) in [5.41, 5.74) is 8.92. The highest BCUT2D eigenvalue weighted by molar-refractivity contribution is 5.39. The van der Waals surface area contributed by atoms with E-state index in [2.05, 4.69) is 36.1 Å². The summed E-state index contributed by atoms with van der Waals surface area (Å²) in [6, 6.07) is 9.06. The van der Waals surface area contributed by atoms with E-state index in [0.29, 0.717) is 0 Å². The van der Waals surface area contributed by atoms with Gasteiger partial charge in [-0.15, -0.1) is 0 Å². The minimum Gasteiger partial charge on any atom is -0.329 e. The van der Waals surface area contributed by atoms with Crippen molar-refractivity contribution in [2.24, 2.45) is 17.6 Å². The number of fused-ring (bicyclic) bond motifs is 3. The fourth-order valence-electron chi connectivity index (χ4n) is 3.82. The number of hydrogen-bond acceptors (Lipinski definition) is 2. The van der Waals surface area contributed by atoms with E-state index in [1.54, 1.807) is 11.1 Å². The SMILES string of the molecule is CCN(CCN)CC1C2CCc3ccccc3C21. The summed E-state index contributed by atoms with van der Waals surface area (Å²) < 4.78 is 0. The first-order chi connectivity index (χ1) is 8.85. The predicted octanol–water partition coefficient (Wildman–Crippen LogP) is 2.24. The van der Waals surface area contributed by atoms with Crippen molar-refractivity contribution >= 4 is 0 Å². The van der Waals surface area contributed by atoms with Crippen molar-refractivity contribution in [3.8, 4) is 0 Å². The van der Waals surface area contributed by atoms with Gasteiger partial charge in [-0.05, 0) is 48.3 Å². The first-order valence-corrected chi connectivity index (χ1v) is 7.35. The Balaban J connectivity index is 1.69. The van der Waals surface area contributed by atoms with Gasteiger partial charge in [-0.25, -0.2) is 0 Å². The molecule has 0 bridgehead atoms. The largest absolute Gasteiger partial charge is 0.329 e. The van der Waals surface area contributed by atoms with Crippen LogP contribution in [0.4, 0.5) is 0 Å². The van der Waals surface area contributed by atoms with Crippen LogP contribution in [0.3, 0.4) is 0 Å². The smallest absolute Gasteiger partial charge is 0.0105 e. The van der Waals surface area contributed by atoms with Crippen LogP contribution >= 0.6 is 0 Å². The molecule has 1 aromatic rings. The maximum Gasteiger partial charge on any atom is 0.0105 e. The Morgan fingerprint density at radius 3 is 2.94 bits per heavy atom. The Bertz CT molecular complexity index is 415. The highest BCUT2D eigenvalue weighted by atomic mass is 15.1. The summed E-state index contributed by atoms with van der Waals surface area (Å²) in [7, 11) is 0. The standard InChI is InChI=1S/C16H24N2/c1-2-18(10-9-17)11-15-14-8-7-12-5-3-4-6-13(12)16(14)15/h3-6,14-16H,2,7-11,17H2,1H3. The monoisotopic (exact) mass is 244 g/mol. The maximum absolute atomic E-state index is 5.68. The van der Waals surface area contributed by atoms with E-state index in [1.165, 1.54) is 19.4 Å².